The second kappa shape index (κ2) is 12.0. The summed E-state index contributed by atoms with van der Waals surface area (Å²) in [5.74, 6) is 3.32. The third-order valence-electron chi connectivity index (χ3n) is 7.28. The minimum atomic E-state index is -0.318. The number of rotatable bonds is 9. The third kappa shape index (κ3) is 5.38. The predicted molar refractivity (Wildman–Crippen MR) is 169 cm³/mol. The van der Waals surface area contributed by atoms with E-state index in [0.29, 0.717) is 62.4 Å². The zero-order valence-corrected chi connectivity index (χ0v) is 25.1. The second-order valence-electron chi connectivity index (χ2n) is 9.82. The minimum Gasteiger partial charge on any atom is -0.497 e. The molecule has 0 atom stereocenters. The first-order chi connectivity index (χ1) is 21.9. The van der Waals surface area contributed by atoms with Crippen molar-refractivity contribution in [3.05, 3.63) is 99.3 Å². The van der Waals surface area contributed by atoms with E-state index in [0.717, 1.165) is 0 Å². The zero-order chi connectivity index (χ0) is 31.7. The number of fused-ring (bicyclic) bond motifs is 2. The maximum absolute atomic E-state index is 13.4. The molecule has 0 saturated carbocycles. The van der Waals surface area contributed by atoms with Crippen LogP contribution >= 0.6 is 0 Å². The Morgan fingerprint density at radius 1 is 0.467 bits per heavy atom. The molecule has 0 amide bonds. The van der Waals surface area contributed by atoms with Crippen LogP contribution in [0.4, 0.5) is 0 Å². The van der Waals surface area contributed by atoms with Crippen LogP contribution in [0.1, 0.15) is 0 Å². The molecule has 0 aliphatic carbocycles. The van der Waals surface area contributed by atoms with Crippen LogP contribution in [-0.4, -0.2) is 35.5 Å². The maximum Gasteiger partial charge on any atom is 0.212 e. The van der Waals surface area contributed by atoms with E-state index in [1.165, 1.54) is 40.6 Å². The van der Waals surface area contributed by atoms with Gasteiger partial charge in [0.05, 0.1) is 35.5 Å². The molecular formula is C35H28O10. The van der Waals surface area contributed by atoms with Crippen molar-refractivity contribution in [2.45, 2.75) is 0 Å². The molecule has 0 spiro atoms. The van der Waals surface area contributed by atoms with Gasteiger partial charge in [0, 0.05) is 41.5 Å². The summed E-state index contributed by atoms with van der Waals surface area (Å²) in [4.78, 5) is 26.4. The van der Waals surface area contributed by atoms with Gasteiger partial charge < -0.3 is 37.3 Å². The first kappa shape index (κ1) is 29.2. The van der Waals surface area contributed by atoms with Crippen LogP contribution in [-0.2, 0) is 0 Å². The molecule has 228 valence electrons. The molecule has 0 radical (unpaired) electrons. The van der Waals surface area contributed by atoms with Crippen molar-refractivity contribution in [1.29, 1.82) is 0 Å². The lowest BCUT2D eigenvalue weighted by molar-refractivity contribution is 0.348. The van der Waals surface area contributed by atoms with Gasteiger partial charge in [-0.2, -0.15) is 0 Å². The van der Waals surface area contributed by atoms with Gasteiger partial charge in [-0.1, -0.05) is 0 Å². The Balaban J connectivity index is 1.37. The van der Waals surface area contributed by atoms with E-state index in [4.69, 9.17) is 37.3 Å². The van der Waals surface area contributed by atoms with E-state index in [2.05, 4.69) is 0 Å². The van der Waals surface area contributed by atoms with Gasteiger partial charge in [-0.05, 0) is 48.5 Å². The van der Waals surface area contributed by atoms with Crippen LogP contribution in [0.25, 0.3) is 44.6 Å². The van der Waals surface area contributed by atoms with Crippen LogP contribution in [0.2, 0.25) is 0 Å². The van der Waals surface area contributed by atoms with Gasteiger partial charge in [-0.25, -0.2) is 0 Å². The number of benzene rings is 4. The molecule has 2 heterocycles. The quantitative estimate of drug-likeness (QED) is 0.169. The first-order valence-corrected chi connectivity index (χ1v) is 13.7. The molecule has 0 bridgehead atoms. The molecule has 6 aromatic rings. The van der Waals surface area contributed by atoms with E-state index >= 15 is 0 Å². The van der Waals surface area contributed by atoms with Gasteiger partial charge in [0.15, 0.2) is 22.4 Å². The summed E-state index contributed by atoms with van der Waals surface area (Å²) in [5.41, 5.74) is 1.35. The molecule has 0 aliphatic rings. The van der Waals surface area contributed by atoms with Crippen molar-refractivity contribution in [1.82, 2.24) is 0 Å². The van der Waals surface area contributed by atoms with Crippen LogP contribution in [0.15, 0.2) is 97.3 Å². The second-order valence-corrected chi connectivity index (χ2v) is 9.82. The average Bonchev–Trinajstić information content (AvgIpc) is 3.07. The molecule has 6 rings (SSSR count). The van der Waals surface area contributed by atoms with Gasteiger partial charge in [-0.15, -0.1) is 0 Å². The van der Waals surface area contributed by atoms with Gasteiger partial charge in [-0.3, -0.25) is 9.59 Å². The van der Waals surface area contributed by atoms with E-state index < -0.39 is 0 Å². The number of ether oxygens (including phenoxy) is 6. The van der Waals surface area contributed by atoms with Crippen LogP contribution in [0, 0.1) is 0 Å². The van der Waals surface area contributed by atoms with Crippen molar-refractivity contribution in [3.63, 3.8) is 0 Å². The van der Waals surface area contributed by atoms with E-state index in [1.807, 2.05) is 0 Å². The molecule has 0 saturated heterocycles. The molecule has 45 heavy (non-hydrogen) atoms. The smallest absolute Gasteiger partial charge is 0.212 e. The molecule has 10 heteroatoms. The van der Waals surface area contributed by atoms with Gasteiger partial charge in [0.2, 0.25) is 5.75 Å². The van der Waals surface area contributed by atoms with Crippen molar-refractivity contribution in [2.24, 2.45) is 0 Å². The molecule has 4 aromatic carbocycles. The lowest BCUT2D eigenvalue weighted by Crippen LogP contribution is -2.05. The van der Waals surface area contributed by atoms with Crippen molar-refractivity contribution >= 4 is 21.9 Å². The Kier molecular flexibility index (Phi) is 7.78. The summed E-state index contributed by atoms with van der Waals surface area (Å²) in [5, 5.41) is 0.518. The highest BCUT2D eigenvalue weighted by Gasteiger charge is 2.22. The van der Waals surface area contributed by atoms with Crippen LogP contribution < -0.4 is 39.3 Å². The van der Waals surface area contributed by atoms with Gasteiger partial charge in [0.1, 0.15) is 56.5 Å². The highest BCUT2D eigenvalue weighted by atomic mass is 16.5. The van der Waals surface area contributed by atoms with Crippen LogP contribution in [0.3, 0.4) is 0 Å². The number of methoxy groups -OCH3 is 5. The van der Waals surface area contributed by atoms with E-state index in [9.17, 15) is 9.59 Å². The SMILES string of the molecule is COc1ccc(-c2cc(=O)c3c(OC)c(Oc4ccc(-c5cc(=O)c6c(OC)cc(OC)cc6o5)cc4)c(OC)cc3o2)cc1. The maximum atomic E-state index is 13.4. The van der Waals surface area contributed by atoms with E-state index in [-0.39, 0.29) is 33.3 Å². The monoisotopic (exact) mass is 608 g/mol. The molecule has 0 unspecified atom stereocenters. The summed E-state index contributed by atoms with van der Waals surface area (Å²) in [6.45, 7) is 0. The molecular weight excluding hydrogens is 580 g/mol. The molecule has 10 nitrogen and oxygen atoms in total. The van der Waals surface area contributed by atoms with Crippen LogP contribution in [0.5, 0.6) is 40.2 Å². The lowest BCUT2D eigenvalue weighted by Gasteiger charge is -2.16. The first-order valence-electron chi connectivity index (χ1n) is 13.7. The largest absolute Gasteiger partial charge is 0.497 e. The molecule has 2 aromatic heterocycles. The van der Waals surface area contributed by atoms with Gasteiger partial charge >= 0.3 is 0 Å². The Morgan fingerprint density at radius 3 is 1.53 bits per heavy atom. The fraction of sp³-hybridized carbons (Fsp3) is 0.143. The van der Waals surface area contributed by atoms with Crippen molar-refractivity contribution in [3.8, 4) is 62.9 Å². The summed E-state index contributed by atoms with van der Waals surface area (Å²) >= 11 is 0. The Labute approximate surface area is 256 Å². The molecule has 0 aliphatic heterocycles. The fourth-order valence-corrected chi connectivity index (χ4v) is 5.04. The summed E-state index contributed by atoms with van der Waals surface area (Å²) < 4.78 is 45.6. The summed E-state index contributed by atoms with van der Waals surface area (Å²) in [7, 11) is 7.50. The predicted octanol–water partition coefficient (Wildman–Crippen LogP) is 7.07. The van der Waals surface area contributed by atoms with Crippen molar-refractivity contribution < 1.29 is 37.3 Å². The lowest BCUT2D eigenvalue weighted by atomic mass is 10.1. The minimum absolute atomic E-state index is 0.159. The molecule has 0 fully saturated rings. The van der Waals surface area contributed by atoms with Gasteiger partial charge in [0.25, 0.3) is 0 Å². The standard InChI is InChI=1S/C35H28O10/c1-38-21-10-6-19(7-11-21)27-17-25(37)33-30(45-27)18-31(41-4)34(35(33)42-5)43-22-12-8-20(9-13-22)26-16-24(36)32-28(40-3)14-23(39-2)15-29(32)44-26/h6-18H,1-5H3. The molecule has 0 N–H and O–H groups in total. The average molecular weight is 609 g/mol. The Hall–Kier alpha value is -5.90. The van der Waals surface area contributed by atoms with Crippen molar-refractivity contribution in [2.75, 3.05) is 35.5 Å². The number of hydrogen-bond acceptors (Lipinski definition) is 10. The summed E-state index contributed by atoms with van der Waals surface area (Å²) in [6.07, 6.45) is 0. The van der Waals surface area contributed by atoms with E-state index in [1.54, 1.807) is 73.8 Å². The highest BCUT2D eigenvalue weighted by Crippen LogP contribution is 2.45. The topological polar surface area (TPSA) is 116 Å². The fourth-order valence-electron chi connectivity index (χ4n) is 5.04. The highest BCUT2D eigenvalue weighted by molar-refractivity contribution is 5.90. The third-order valence-corrected chi connectivity index (χ3v) is 7.28. The Bertz CT molecular complexity index is 2140. The Morgan fingerprint density at radius 2 is 1.00 bits per heavy atom. The zero-order valence-electron chi connectivity index (χ0n) is 25.1. The summed E-state index contributed by atoms with van der Waals surface area (Å²) in [6, 6.07) is 21.7. The number of hydrogen-bond donors (Lipinski definition) is 0. The normalized spacial score (nSPS) is 11.0.